The zero-order chi connectivity index (χ0) is 20.8. The predicted octanol–water partition coefficient (Wildman–Crippen LogP) is 1.80. The topological polar surface area (TPSA) is 78.0 Å². The maximum Gasteiger partial charge on any atom is 0.269 e. The van der Waals surface area contributed by atoms with Crippen LogP contribution in [0.5, 0.6) is 0 Å². The van der Waals surface area contributed by atoms with Gasteiger partial charge in [0.2, 0.25) is 5.91 Å². The number of rotatable bonds is 3. The number of carbonyl (C=O) groups excluding carboxylic acids is 2. The van der Waals surface area contributed by atoms with Crippen LogP contribution in [0.3, 0.4) is 0 Å². The Bertz CT molecular complexity index is 1090. The highest BCUT2D eigenvalue weighted by Gasteiger charge is 2.42. The van der Waals surface area contributed by atoms with E-state index in [4.69, 9.17) is 0 Å². The molecule has 2 aliphatic rings. The molecular formula is C21H23N3O4S. The SMILES string of the molecule is Cc1cccc(N2CCN(C(=O)CN3C(=O)c4ccccc4S3(=O)=O)CC2)c1C. The fraction of sp³-hybridized carbons (Fsp3) is 0.333. The molecule has 1 saturated heterocycles. The van der Waals surface area contributed by atoms with Crippen LogP contribution in [0.2, 0.25) is 0 Å². The average Bonchev–Trinajstić information content (AvgIpc) is 2.91. The van der Waals surface area contributed by atoms with E-state index in [-0.39, 0.29) is 16.4 Å². The monoisotopic (exact) mass is 413 g/mol. The molecule has 0 saturated carbocycles. The van der Waals surface area contributed by atoms with E-state index in [9.17, 15) is 18.0 Å². The Morgan fingerprint density at radius 3 is 2.34 bits per heavy atom. The van der Waals surface area contributed by atoms with Gasteiger partial charge < -0.3 is 9.80 Å². The van der Waals surface area contributed by atoms with Gasteiger partial charge in [-0.15, -0.1) is 0 Å². The number of piperazine rings is 1. The van der Waals surface area contributed by atoms with Gasteiger partial charge in [0.25, 0.3) is 15.9 Å². The van der Waals surface area contributed by atoms with Crippen molar-refractivity contribution in [3.8, 4) is 0 Å². The van der Waals surface area contributed by atoms with Crippen LogP contribution in [0, 0.1) is 13.8 Å². The smallest absolute Gasteiger partial charge is 0.269 e. The molecule has 0 radical (unpaired) electrons. The summed E-state index contributed by atoms with van der Waals surface area (Å²) in [6, 6.07) is 12.2. The third-order valence-corrected chi connectivity index (χ3v) is 7.53. The molecule has 152 valence electrons. The van der Waals surface area contributed by atoms with Gasteiger partial charge in [-0.1, -0.05) is 24.3 Å². The number of fused-ring (bicyclic) bond motifs is 1. The third-order valence-electron chi connectivity index (χ3n) is 5.74. The van der Waals surface area contributed by atoms with Crippen LogP contribution in [0.25, 0.3) is 0 Å². The number of hydrogen-bond acceptors (Lipinski definition) is 5. The van der Waals surface area contributed by atoms with Crippen molar-refractivity contribution >= 4 is 27.5 Å². The molecule has 0 aromatic heterocycles. The first-order valence-corrected chi connectivity index (χ1v) is 11.0. The van der Waals surface area contributed by atoms with Crippen molar-refractivity contribution in [1.29, 1.82) is 0 Å². The third kappa shape index (κ3) is 3.27. The predicted molar refractivity (Wildman–Crippen MR) is 109 cm³/mol. The van der Waals surface area contributed by atoms with Gasteiger partial charge in [-0.3, -0.25) is 9.59 Å². The summed E-state index contributed by atoms with van der Waals surface area (Å²) in [6.07, 6.45) is 0. The molecule has 2 aliphatic heterocycles. The molecule has 2 aromatic rings. The van der Waals surface area contributed by atoms with Crippen LogP contribution in [0.15, 0.2) is 47.4 Å². The molecule has 7 nitrogen and oxygen atoms in total. The molecule has 0 atom stereocenters. The van der Waals surface area contributed by atoms with E-state index in [0.29, 0.717) is 30.5 Å². The minimum atomic E-state index is -3.97. The van der Waals surface area contributed by atoms with Gasteiger partial charge >= 0.3 is 0 Å². The van der Waals surface area contributed by atoms with Crippen LogP contribution in [0.1, 0.15) is 21.5 Å². The lowest BCUT2D eigenvalue weighted by atomic mass is 10.1. The molecular weight excluding hydrogens is 390 g/mol. The lowest BCUT2D eigenvalue weighted by Gasteiger charge is -2.37. The van der Waals surface area contributed by atoms with Gasteiger partial charge in [0.15, 0.2) is 0 Å². The summed E-state index contributed by atoms with van der Waals surface area (Å²) in [5.41, 5.74) is 3.72. The Balaban J connectivity index is 1.44. The second-order valence-electron chi connectivity index (χ2n) is 7.40. The summed E-state index contributed by atoms with van der Waals surface area (Å²) in [7, 11) is -3.97. The van der Waals surface area contributed by atoms with Crippen LogP contribution < -0.4 is 4.90 Å². The molecule has 0 N–H and O–H groups in total. The average molecular weight is 413 g/mol. The minimum absolute atomic E-state index is 0.0301. The number of benzene rings is 2. The minimum Gasteiger partial charge on any atom is -0.368 e. The molecule has 2 aromatic carbocycles. The Labute approximate surface area is 170 Å². The summed E-state index contributed by atoms with van der Waals surface area (Å²) < 4.78 is 26.0. The van der Waals surface area contributed by atoms with Crippen molar-refractivity contribution in [2.24, 2.45) is 0 Å². The number of amides is 2. The Morgan fingerprint density at radius 1 is 0.966 bits per heavy atom. The van der Waals surface area contributed by atoms with Gasteiger partial charge in [-0.2, -0.15) is 0 Å². The van der Waals surface area contributed by atoms with Crippen molar-refractivity contribution < 1.29 is 18.0 Å². The van der Waals surface area contributed by atoms with Crippen molar-refractivity contribution in [2.75, 3.05) is 37.6 Å². The summed E-state index contributed by atoms with van der Waals surface area (Å²) >= 11 is 0. The maximum absolute atomic E-state index is 12.8. The van der Waals surface area contributed by atoms with Crippen LogP contribution >= 0.6 is 0 Å². The Hall–Kier alpha value is -2.87. The van der Waals surface area contributed by atoms with Crippen molar-refractivity contribution in [3.63, 3.8) is 0 Å². The normalized spacial score (nSPS) is 18.1. The van der Waals surface area contributed by atoms with Crippen LogP contribution in [0.4, 0.5) is 5.69 Å². The fourth-order valence-electron chi connectivity index (χ4n) is 3.89. The van der Waals surface area contributed by atoms with Crippen molar-refractivity contribution in [2.45, 2.75) is 18.7 Å². The second kappa shape index (κ2) is 7.18. The van der Waals surface area contributed by atoms with E-state index in [1.165, 1.54) is 23.3 Å². The number of hydrogen-bond donors (Lipinski definition) is 0. The summed E-state index contributed by atoms with van der Waals surface area (Å²) in [5, 5.41) is 0. The molecule has 29 heavy (non-hydrogen) atoms. The Kier molecular flexibility index (Phi) is 4.82. The van der Waals surface area contributed by atoms with E-state index in [1.54, 1.807) is 17.0 Å². The number of aryl methyl sites for hydroxylation is 1. The van der Waals surface area contributed by atoms with Crippen molar-refractivity contribution in [3.05, 3.63) is 59.2 Å². The molecule has 1 fully saturated rings. The molecule has 0 spiro atoms. The van der Waals surface area contributed by atoms with Gasteiger partial charge in [-0.05, 0) is 43.2 Å². The number of nitrogens with zero attached hydrogens (tertiary/aromatic N) is 3. The number of anilines is 1. The first kappa shape index (κ1) is 19.4. The first-order chi connectivity index (χ1) is 13.8. The molecule has 8 heteroatoms. The Morgan fingerprint density at radius 2 is 1.66 bits per heavy atom. The molecule has 0 aliphatic carbocycles. The van der Waals surface area contributed by atoms with E-state index in [1.807, 2.05) is 6.07 Å². The van der Waals surface area contributed by atoms with E-state index >= 15 is 0 Å². The van der Waals surface area contributed by atoms with E-state index in [2.05, 4.69) is 30.9 Å². The lowest BCUT2D eigenvalue weighted by Crippen LogP contribution is -2.52. The zero-order valence-corrected chi connectivity index (χ0v) is 17.3. The summed E-state index contributed by atoms with van der Waals surface area (Å²) in [4.78, 5) is 29.1. The molecule has 0 unspecified atom stereocenters. The second-order valence-corrected chi connectivity index (χ2v) is 9.23. The van der Waals surface area contributed by atoms with Crippen molar-refractivity contribution in [1.82, 2.24) is 9.21 Å². The quantitative estimate of drug-likeness (QED) is 0.767. The summed E-state index contributed by atoms with van der Waals surface area (Å²) in [6.45, 7) is 6.00. The molecule has 2 amide bonds. The molecule has 4 rings (SSSR count). The largest absolute Gasteiger partial charge is 0.368 e. The highest BCUT2D eigenvalue weighted by Crippen LogP contribution is 2.30. The number of sulfonamides is 1. The van der Waals surface area contributed by atoms with Gasteiger partial charge in [0.05, 0.1) is 5.56 Å². The standard InChI is InChI=1S/C21H23N3O4S/c1-15-6-5-8-18(16(15)2)22-10-12-23(13-11-22)20(25)14-24-21(26)17-7-3-4-9-19(17)29(24,27)28/h3-9H,10-14H2,1-2H3. The van der Waals surface area contributed by atoms with Gasteiger partial charge in [0.1, 0.15) is 11.4 Å². The summed E-state index contributed by atoms with van der Waals surface area (Å²) in [5.74, 6) is -0.988. The zero-order valence-electron chi connectivity index (χ0n) is 16.5. The maximum atomic E-state index is 12.8. The van der Waals surface area contributed by atoms with Crippen LogP contribution in [-0.2, 0) is 14.8 Å². The number of carbonyl (C=O) groups is 2. The van der Waals surface area contributed by atoms with Crippen LogP contribution in [-0.4, -0.2) is 62.2 Å². The highest BCUT2D eigenvalue weighted by atomic mass is 32.2. The fourth-order valence-corrected chi connectivity index (χ4v) is 5.40. The lowest BCUT2D eigenvalue weighted by molar-refractivity contribution is -0.131. The first-order valence-electron chi connectivity index (χ1n) is 9.56. The van der Waals surface area contributed by atoms with E-state index in [0.717, 1.165) is 5.69 Å². The van der Waals surface area contributed by atoms with E-state index < -0.39 is 22.5 Å². The van der Waals surface area contributed by atoms with Gasteiger partial charge in [-0.25, -0.2) is 12.7 Å². The highest BCUT2D eigenvalue weighted by molar-refractivity contribution is 7.90. The van der Waals surface area contributed by atoms with Gasteiger partial charge in [0, 0.05) is 31.9 Å². The molecule has 2 heterocycles. The molecule has 0 bridgehead atoms.